The van der Waals surface area contributed by atoms with E-state index in [1.807, 2.05) is 11.4 Å². The molecule has 1 atom stereocenters. The molecule has 3 heteroatoms. The molecule has 1 N–H and O–H groups in total. The van der Waals surface area contributed by atoms with Crippen LogP contribution in [0.3, 0.4) is 0 Å². The first kappa shape index (κ1) is 9.50. The van der Waals surface area contributed by atoms with E-state index in [0.29, 0.717) is 0 Å². The van der Waals surface area contributed by atoms with Crippen molar-refractivity contribution >= 4 is 22.9 Å². The van der Waals surface area contributed by atoms with Gasteiger partial charge in [-0.3, -0.25) is 0 Å². The highest BCUT2D eigenvalue weighted by atomic mass is 35.5. The summed E-state index contributed by atoms with van der Waals surface area (Å²) in [4.78, 5) is 1.01. The van der Waals surface area contributed by atoms with Gasteiger partial charge in [-0.1, -0.05) is 24.4 Å². The maximum absolute atomic E-state index is 9.76. The van der Waals surface area contributed by atoms with Crippen LogP contribution < -0.4 is 0 Å². The molecule has 13 heavy (non-hydrogen) atoms. The highest BCUT2D eigenvalue weighted by molar-refractivity contribution is 7.10. The first-order chi connectivity index (χ1) is 6.25. The smallest absolute Gasteiger partial charge is 0.0882 e. The van der Waals surface area contributed by atoms with Gasteiger partial charge < -0.3 is 5.11 Å². The van der Waals surface area contributed by atoms with Gasteiger partial charge in [-0.2, -0.15) is 0 Å². The van der Waals surface area contributed by atoms with Crippen LogP contribution in [0.2, 0.25) is 5.02 Å². The first-order valence-corrected chi connectivity index (χ1v) is 5.93. The number of rotatable bonds is 4. The van der Waals surface area contributed by atoms with Gasteiger partial charge in [0.25, 0.3) is 0 Å². The predicted molar refractivity (Wildman–Crippen MR) is 56.2 cm³/mol. The van der Waals surface area contributed by atoms with Crippen molar-refractivity contribution in [2.24, 2.45) is 5.92 Å². The van der Waals surface area contributed by atoms with Gasteiger partial charge in [-0.25, -0.2) is 0 Å². The topological polar surface area (TPSA) is 20.2 Å². The van der Waals surface area contributed by atoms with E-state index in [0.717, 1.165) is 28.7 Å². The van der Waals surface area contributed by atoms with Crippen LogP contribution in [0.1, 0.15) is 36.7 Å². The van der Waals surface area contributed by atoms with Crippen LogP contribution in [0.25, 0.3) is 0 Å². The van der Waals surface area contributed by atoms with Crippen molar-refractivity contribution in [2.45, 2.75) is 31.8 Å². The van der Waals surface area contributed by atoms with E-state index in [-0.39, 0.29) is 6.10 Å². The van der Waals surface area contributed by atoms with Crippen LogP contribution in [-0.4, -0.2) is 5.11 Å². The molecule has 2 rings (SSSR count). The Hall–Kier alpha value is -0.0500. The van der Waals surface area contributed by atoms with Gasteiger partial charge in [0.05, 0.1) is 11.1 Å². The van der Waals surface area contributed by atoms with Crippen molar-refractivity contribution in [1.29, 1.82) is 0 Å². The van der Waals surface area contributed by atoms with Crippen molar-refractivity contribution in [3.63, 3.8) is 0 Å². The number of halogens is 1. The van der Waals surface area contributed by atoms with Crippen molar-refractivity contribution in [2.75, 3.05) is 0 Å². The minimum absolute atomic E-state index is 0.293. The number of aliphatic hydroxyl groups is 1. The lowest BCUT2D eigenvalue weighted by atomic mass is 10.1. The molecular weight excluding hydrogens is 204 g/mol. The lowest BCUT2D eigenvalue weighted by Crippen LogP contribution is -1.94. The molecule has 1 unspecified atom stereocenters. The Balaban J connectivity index is 1.84. The van der Waals surface area contributed by atoms with Gasteiger partial charge in [-0.05, 0) is 24.8 Å². The highest BCUT2D eigenvalue weighted by Crippen LogP contribution is 2.37. The third-order valence-corrected chi connectivity index (χ3v) is 3.84. The van der Waals surface area contributed by atoms with E-state index in [2.05, 4.69) is 0 Å². The van der Waals surface area contributed by atoms with Crippen LogP contribution in [-0.2, 0) is 0 Å². The molecule has 0 bridgehead atoms. The summed E-state index contributed by atoms with van der Waals surface area (Å²) in [5, 5.41) is 12.4. The zero-order valence-corrected chi connectivity index (χ0v) is 8.94. The van der Waals surface area contributed by atoms with Crippen molar-refractivity contribution < 1.29 is 5.11 Å². The Morgan fingerprint density at radius 3 is 2.92 bits per heavy atom. The summed E-state index contributed by atoms with van der Waals surface area (Å²) in [7, 11) is 0. The quantitative estimate of drug-likeness (QED) is 0.815. The summed E-state index contributed by atoms with van der Waals surface area (Å²) >= 11 is 7.33. The van der Waals surface area contributed by atoms with Crippen molar-refractivity contribution in [1.82, 2.24) is 0 Å². The standard InChI is InChI=1S/C10H13ClOS/c11-8-5-10(13-6-8)9(12)4-3-7-1-2-7/h5-7,9,12H,1-4H2. The molecule has 1 fully saturated rings. The van der Waals surface area contributed by atoms with Gasteiger partial charge in [0.2, 0.25) is 0 Å². The number of thiophene rings is 1. The summed E-state index contributed by atoms with van der Waals surface area (Å²) in [5.41, 5.74) is 0. The van der Waals surface area contributed by atoms with Gasteiger partial charge in [0.1, 0.15) is 0 Å². The van der Waals surface area contributed by atoms with E-state index in [1.165, 1.54) is 12.8 Å². The maximum atomic E-state index is 9.76. The van der Waals surface area contributed by atoms with Gasteiger partial charge in [0.15, 0.2) is 0 Å². The van der Waals surface area contributed by atoms with Crippen LogP contribution in [0, 0.1) is 5.92 Å². The summed E-state index contributed by atoms with van der Waals surface area (Å²) in [6.07, 6.45) is 4.48. The monoisotopic (exact) mass is 216 g/mol. The molecule has 0 aliphatic heterocycles. The van der Waals surface area contributed by atoms with E-state index >= 15 is 0 Å². The van der Waals surface area contributed by atoms with Crippen molar-refractivity contribution in [3.05, 3.63) is 21.3 Å². The number of hydrogen-bond donors (Lipinski definition) is 1. The fourth-order valence-electron chi connectivity index (χ4n) is 1.45. The second-order valence-electron chi connectivity index (χ2n) is 3.70. The third-order valence-electron chi connectivity index (χ3n) is 2.46. The molecule has 1 heterocycles. The maximum Gasteiger partial charge on any atom is 0.0882 e. The summed E-state index contributed by atoms with van der Waals surface area (Å²) in [6.45, 7) is 0. The highest BCUT2D eigenvalue weighted by Gasteiger charge is 2.22. The normalized spacial score (nSPS) is 18.9. The second-order valence-corrected chi connectivity index (χ2v) is 5.08. The largest absolute Gasteiger partial charge is 0.388 e. The van der Waals surface area contributed by atoms with Gasteiger partial charge in [0, 0.05) is 10.3 Å². The molecule has 1 nitrogen and oxygen atoms in total. The Bertz CT molecular complexity index is 280. The average molecular weight is 217 g/mol. The van der Waals surface area contributed by atoms with Gasteiger partial charge in [-0.15, -0.1) is 11.3 Å². The minimum atomic E-state index is -0.293. The van der Waals surface area contributed by atoms with Crippen molar-refractivity contribution in [3.8, 4) is 0 Å². The molecule has 0 spiro atoms. The molecule has 0 amide bonds. The molecule has 0 aromatic carbocycles. The van der Waals surface area contributed by atoms with E-state index in [9.17, 15) is 5.11 Å². The minimum Gasteiger partial charge on any atom is -0.388 e. The molecule has 0 saturated heterocycles. The molecule has 1 aromatic rings. The Kier molecular flexibility index (Phi) is 2.92. The average Bonchev–Trinajstić information content (AvgIpc) is 2.84. The Labute approximate surface area is 87.4 Å². The Morgan fingerprint density at radius 1 is 1.62 bits per heavy atom. The molecule has 0 radical (unpaired) electrons. The zero-order valence-electron chi connectivity index (χ0n) is 7.37. The zero-order chi connectivity index (χ0) is 9.26. The summed E-state index contributed by atoms with van der Waals surface area (Å²) < 4.78 is 0. The summed E-state index contributed by atoms with van der Waals surface area (Å²) in [5.74, 6) is 0.894. The SMILES string of the molecule is OC(CCC1CC1)c1cc(Cl)cs1. The van der Waals surface area contributed by atoms with Gasteiger partial charge >= 0.3 is 0 Å². The van der Waals surface area contributed by atoms with Crippen LogP contribution in [0.15, 0.2) is 11.4 Å². The number of aliphatic hydroxyl groups excluding tert-OH is 1. The molecule has 1 aliphatic rings. The fourth-order valence-corrected chi connectivity index (χ4v) is 2.55. The van der Waals surface area contributed by atoms with Crippen LogP contribution in [0.4, 0.5) is 0 Å². The third kappa shape index (κ3) is 2.70. The molecule has 1 aliphatic carbocycles. The molecule has 1 saturated carbocycles. The second kappa shape index (κ2) is 3.99. The van der Waals surface area contributed by atoms with E-state index < -0.39 is 0 Å². The van der Waals surface area contributed by atoms with Crippen LogP contribution >= 0.6 is 22.9 Å². The predicted octanol–water partition coefficient (Wildman–Crippen LogP) is 3.63. The molecular formula is C10H13ClOS. The Morgan fingerprint density at radius 2 is 2.38 bits per heavy atom. The lowest BCUT2D eigenvalue weighted by molar-refractivity contribution is 0.166. The van der Waals surface area contributed by atoms with E-state index in [4.69, 9.17) is 11.6 Å². The number of hydrogen-bond acceptors (Lipinski definition) is 2. The molecule has 72 valence electrons. The fraction of sp³-hybridized carbons (Fsp3) is 0.600. The first-order valence-electron chi connectivity index (χ1n) is 4.67. The summed E-state index contributed by atoms with van der Waals surface area (Å²) in [6, 6.07) is 1.86. The van der Waals surface area contributed by atoms with Crippen LogP contribution in [0.5, 0.6) is 0 Å². The lowest BCUT2D eigenvalue weighted by Gasteiger charge is -2.06. The van der Waals surface area contributed by atoms with E-state index in [1.54, 1.807) is 11.3 Å². The molecule has 1 aromatic heterocycles.